The Morgan fingerprint density at radius 1 is 1.37 bits per heavy atom. The van der Waals surface area contributed by atoms with Crippen molar-refractivity contribution in [3.63, 3.8) is 0 Å². The van der Waals surface area contributed by atoms with E-state index in [1.807, 2.05) is 4.90 Å². The van der Waals surface area contributed by atoms with Crippen LogP contribution in [0.15, 0.2) is 23.1 Å². The van der Waals surface area contributed by atoms with Crippen molar-refractivity contribution in [2.45, 2.75) is 43.5 Å². The summed E-state index contributed by atoms with van der Waals surface area (Å²) in [7, 11) is 0. The summed E-state index contributed by atoms with van der Waals surface area (Å²) >= 11 is 7.23. The summed E-state index contributed by atoms with van der Waals surface area (Å²) in [5.41, 5.74) is -0.394. The molecule has 1 aliphatic heterocycles. The van der Waals surface area contributed by atoms with E-state index in [0.29, 0.717) is 26.3 Å². The van der Waals surface area contributed by atoms with E-state index in [4.69, 9.17) is 16.3 Å². The number of nitrogens with one attached hydrogen (secondary N) is 1. The standard InChI is InChI=1S/C18H24ClN3O4S/c1-18(17(23)21-8-10-26-11-9-21)6-4-13(5-7-18)20-27-14-2-3-15(19)16(12-14)22(24)25/h2-3,12-13,20H,4-11H2,1H3. The number of morpholine rings is 1. The third kappa shape index (κ3) is 4.93. The van der Waals surface area contributed by atoms with Crippen LogP contribution in [0.25, 0.3) is 0 Å². The second-order valence-electron chi connectivity index (χ2n) is 7.33. The molecule has 9 heteroatoms. The van der Waals surface area contributed by atoms with Gasteiger partial charge in [-0.3, -0.25) is 19.6 Å². The summed E-state index contributed by atoms with van der Waals surface area (Å²) in [5, 5.41) is 11.1. The molecule has 1 aromatic carbocycles. The highest BCUT2D eigenvalue weighted by molar-refractivity contribution is 7.97. The van der Waals surface area contributed by atoms with Gasteiger partial charge < -0.3 is 9.64 Å². The summed E-state index contributed by atoms with van der Waals surface area (Å²) < 4.78 is 8.72. The monoisotopic (exact) mass is 413 g/mol. The van der Waals surface area contributed by atoms with Crippen molar-refractivity contribution in [3.05, 3.63) is 33.3 Å². The number of nitro groups is 1. The molecule has 148 valence electrons. The molecule has 1 heterocycles. The summed E-state index contributed by atoms with van der Waals surface area (Å²) in [6.45, 7) is 4.67. The third-order valence-corrected chi connectivity index (χ3v) is 6.62. The smallest absolute Gasteiger partial charge is 0.289 e. The van der Waals surface area contributed by atoms with Gasteiger partial charge in [0.05, 0.1) is 18.1 Å². The predicted octanol–water partition coefficient (Wildman–Crippen LogP) is 3.65. The third-order valence-electron chi connectivity index (χ3n) is 5.36. The topological polar surface area (TPSA) is 84.7 Å². The molecular weight excluding hydrogens is 390 g/mol. The molecule has 1 aromatic rings. The van der Waals surface area contributed by atoms with Gasteiger partial charge in [-0.15, -0.1) is 0 Å². The van der Waals surface area contributed by atoms with E-state index < -0.39 is 4.92 Å². The first kappa shape index (κ1) is 20.4. The van der Waals surface area contributed by atoms with Crippen molar-refractivity contribution in [3.8, 4) is 0 Å². The molecule has 2 fully saturated rings. The van der Waals surface area contributed by atoms with Gasteiger partial charge in [-0.25, -0.2) is 0 Å². The van der Waals surface area contributed by atoms with E-state index >= 15 is 0 Å². The molecule has 1 saturated carbocycles. The number of ether oxygens (including phenoxy) is 1. The Labute approximate surface area is 168 Å². The zero-order chi connectivity index (χ0) is 19.4. The Kier molecular flexibility index (Phi) is 6.62. The van der Waals surface area contributed by atoms with E-state index in [1.54, 1.807) is 12.1 Å². The fourth-order valence-electron chi connectivity index (χ4n) is 3.58. The minimum Gasteiger partial charge on any atom is -0.378 e. The lowest BCUT2D eigenvalue weighted by molar-refractivity contribution is -0.384. The SMILES string of the molecule is CC1(C(=O)N2CCOCC2)CCC(NSc2ccc(Cl)c([N+](=O)[O-])c2)CC1. The van der Waals surface area contributed by atoms with Gasteiger partial charge in [-0.2, -0.15) is 0 Å². The first-order valence-electron chi connectivity index (χ1n) is 9.12. The number of halogens is 1. The van der Waals surface area contributed by atoms with Crippen molar-refractivity contribution < 1.29 is 14.5 Å². The highest BCUT2D eigenvalue weighted by atomic mass is 35.5. The lowest BCUT2D eigenvalue weighted by Gasteiger charge is -2.40. The van der Waals surface area contributed by atoms with Gasteiger partial charge >= 0.3 is 0 Å². The van der Waals surface area contributed by atoms with E-state index in [0.717, 1.165) is 30.6 Å². The second-order valence-corrected chi connectivity index (χ2v) is 8.65. The van der Waals surface area contributed by atoms with Gasteiger partial charge in [-0.1, -0.05) is 18.5 Å². The molecule has 0 spiro atoms. The molecule has 3 rings (SSSR count). The van der Waals surface area contributed by atoms with Crippen LogP contribution in [0, 0.1) is 15.5 Å². The molecule has 1 aliphatic carbocycles. The first-order valence-corrected chi connectivity index (χ1v) is 10.3. The molecule has 0 unspecified atom stereocenters. The Bertz CT molecular complexity index is 704. The normalized spacial score (nSPS) is 26.0. The fourth-order valence-corrected chi connectivity index (χ4v) is 4.61. The number of nitrogens with zero attached hydrogens (tertiary/aromatic N) is 2. The van der Waals surface area contributed by atoms with Crippen LogP contribution in [0.4, 0.5) is 5.69 Å². The highest BCUT2D eigenvalue weighted by Crippen LogP contribution is 2.39. The Morgan fingerprint density at radius 2 is 2.04 bits per heavy atom. The molecule has 0 aromatic heterocycles. The van der Waals surface area contributed by atoms with Crippen LogP contribution in [-0.4, -0.2) is 48.1 Å². The number of nitro benzene ring substituents is 1. The van der Waals surface area contributed by atoms with Gasteiger partial charge in [0.1, 0.15) is 5.02 Å². The Hall–Kier alpha value is -1.35. The van der Waals surface area contributed by atoms with Gasteiger partial charge in [0.15, 0.2) is 0 Å². The average Bonchev–Trinajstić information content (AvgIpc) is 2.68. The van der Waals surface area contributed by atoms with Crippen molar-refractivity contribution in [1.29, 1.82) is 0 Å². The summed E-state index contributed by atoms with van der Waals surface area (Å²) in [6, 6.07) is 5.06. The van der Waals surface area contributed by atoms with Gasteiger partial charge in [0.2, 0.25) is 5.91 Å². The van der Waals surface area contributed by atoms with Crippen molar-refractivity contribution >= 4 is 35.1 Å². The van der Waals surface area contributed by atoms with Gasteiger partial charge in [0.25, 0.3) is 5.69 Å². The molecule has 1 amide bonds. The number of hydrogen-bond donors (Lipinski definition) is 1. The highest BCUT2D eigenvalue weighted by Gasteiger charge is 2.40. The van der Waals surface area contributed by atoms with E-state index in [2.05, 4.69) is 11.6 Å². The van der Waals surface area contributed by atoms with Crippen LogP contribution in [0.1, 0.15) is 32.6 Å². The number of hydrogen-bond acceptors (Lipinski definition) is 6. The predicted molar refractivity (Wildman–Crippen MR) is 105 cm³/mol. The first-order chi connectivity index (χ1) is 12.9. The number of rotatable bonds is 5. The lowest BCUT2D eigenvalue weighted by atomic mass is 9.73. The molecular formula is C18H24ClN3O4S. The van der Waals surface area contributed by atoms with Crippen LogP contribution in [0.5, 0.6) is 0 Å². The van der Waals surface area contributed by atoms with E-state index in [9.17, 15) is 14.9 Å². The minimum absolute atomic E-state index is 0.0872. The number of carbonyl (C=O) groups excluding carboxylic acids is 1. The Balaban J connectivity index is 1.51. The number of carbonyl (C=O) groups is 1. The van der Waals surface area contributed by atoms with Gasteiger partial charge in [-0.05, 0) is 49.8 Å². The molecule has 27 heavy (non-hydrogen) atoms. The maximum absolute atomic E-state index is 12.9. The zero-order valence-electron chi connectivity index (χ0n) is 15.3. The maximum Gasteiger partial charge on any atom is 0.289 e. The van der Waals surface area contributed by atoms with Crippen LogP contribution in [-0.2, 0) is 9.53 Å². The van der Waals surface area contributed by atoms with Crippen LogP contribution in [0.3, 0.4) is 0 Å². The van der Waals surface area contributed by atoms with E-state index in [1.165, 1.54) is 18.0 Å². The van der Waals surface area contributed by atoms with Gasteiger partial charge in [0, 0.05) is 35.5 Å². The molecule has 7 nitrogen and oxygen atoms in total. The molecule has 0 atom stereocenters. The summed E-state index contributed by atoms with van der Waals surface area (Å²) in [6.07, 6.45) is 3.47. The van der Waals surface area contributed by atoms with Crippen molar-refractivity contribution in [2.75, 3.05) is 26.3 Å². The van der Waals surface area contributed by atoms with Crippen molar-refractivity contribution in [2.24, 2.45) is 5.41 Å². The quantitative estimate of drug-likeness (QED) is 0.450. The molecule has 2 aliphatic rings. The summed E-state index contributed by atoms with van der Waals surface area (Å²) in [4.78, 5) is 26.1. The average molecular weight is 414 g/mol. The maximum atomic E-state index is 12.9. The number of amides is 1. The van der Waals surface area contributed by atoms with Crippen LogP contribution < -0.4 is 4.72 Å². The Morgan fingerprint density at radius 3 is 2.67 bits per heavy atom. The molecule has 0 radical (unpaired) electrons. The molecule has 1 N–H and O–H groups in total. The number of benzene rings is 1. The van der Waals surface area contributed by atoms with Crippen molar-refractivity contribution in [1.82, 2.24) is 9.62 Å². The molecule has 1 saturated heterocycles. The largest absolute Gasteiger partial charge is 0.378 e. The zero-order valence-corrected chi connectivity index (χ0v) is 16.9. The lowest BCUT2D eigenvalue weighted by Crippen LogP contribution is -2.49. The van der Waals surface area contributed by atoms with Crippen LogP contribution in [0.2, 0.25) is 5.02 Å². The summed E-state index contributed by atoms with van der Waals surface area (Å²) in [5.74, 6) is 0.241. The fraction of sp³-hybridized carbons (Fsp3) is 0.611. The van der Waals surface area contributed by atoms with E-state index in [-0.39, 0.29) is 28.1 Å². The molecule has 0 bridgehead atoms. The second kappa shape index (κ2) is 8.77. The minimum atomic E-state index is -0.477. The van der Waals surface area contributed by atoms with Crippen LogP contribution >= 0.6 is 23.5 Å².